The van der Waals surface area contributed by atoms with E-state index in [1.165, 1.54) is 11.3 Å². The highest BCUT2D eigenvalue weighted by Gasteiger charge is 2.10. The summed E-state index contributed by atoms with van der Waals surface area (Å²) in [7, 11) is 1.62. The highest BCUT2D eigenvalue weighted by molar-refractivity contribution is 7.13. The number of ketones is 1. The number of hydrogen-bond acceptors (Lipinski definition) is 7. The number of carbonyl (C=O) groups excluding carboxylic acids is 2. The van der Waals surface area contributed by atoms with Gasteiger partial charge in [-0.05, 0) is 36.4 Å². The number of thiazole rings is 1. The van der Waals surface area contributed by atoms with E-state index >= 15 is 0 Å². The average molecular weight is 411 g/mol. The molecule has 0 atom stereocenters. The lowest BCUT2D eigenvalue weighted by Gasteiger charge is -2.07. The highest BCUT2D eigenvalue weighted by Crippen LogP contribution is 2.27. The molecule has 0 saturated carbocycles. The van der Waals surface area contributed by atoms with Crippen molar-refractivity contribution < 1.29 is 23.8 Å². The fourth-order valence-corrected chi connectivity index (χ4v) is 3.34. The van der Waals surface area contributed by atoms with Crippen LogP contribution in [0.1, 0.15) is 29.4 Å². The third-order valence-electron chi connectivity index (χ3n) is 4.10. The van der Waals surface area contributed by atoms with Crippen molar-refractivity contribution >= 4 is 23.1 Å². The van der Waals surface area contributed by atoms with Crippen LogP contribution in [0.3, 0.4) is 0 Å². The molecule has 3 rings (SSSR count). The molecule has 29 heavy (non-hydrogen) atoms. The number of carbonyl (C=O) groups is 2. The number of ether oxygens (including phenoxy) is 3. The van der Waals surface area contributed by atoms with Gasteiger partial charge in [0.1, 0.15) is 23.1 Å². The molecule has 0 aliphatic carbocycles. The van der Waals surface area contributed by atoms with Gasteiger partial charge in [-0.1, -0.05) is 19.1 Å². The van der Waals surface area contributed by atoms with Crippen molar-refractivity contribution in [2.45, 2.75) is 20.0 Å². The van der Waals surface area contributed by atoms with Gasteiger partial charge in [-0.3, -0.25) is 4.79 Å². The molecule has 0 amide bonds. The molecule has 6 nitrogen and oxygen atoms in total. The van der Waals surface area contributed by atoms with Crippen LogP contribution in [0, 0.1) is 0 Å². The monoisotopic (exact) mass is 411 g/mol. The first-order chi connectivity index (χ1) is 14.1. The van der Waals surface area contributed by atoms with Crippen molar-refractivity contribution in [3.8, 4) is 22.1 Å². The maximum atomic E-state index is 11.9. The Morgan fingerprint density at radius 1 is 1.07 bits per heavy atom. The van der Waals surface area contributed by atoms with Crippen LogP contribution in [0.4, 0.5) is 0 Å². The van der Waals surface area contributed by atoms with Crippen LogP contribution in [0.5, 0.6) is 11.5 Å². The van der Waals surface area contributed by atoms with Gasteiger partial charge in [0.05, 0.1) is 12.8 Å². The fraction of sp³-hybridized carbons (Fsp3) is 0.227. The second-order valence-electron chi connectivity index (χ2n) is 6.13. The Bertz CT molecular complexity index is 981. The predicted octanol–water partition coefficient (Wildman–Crippen LogP) is 4.53. The van der Waals surface area contributed by atoms with Gasteiger partial charge in [-0.2, -0.15) is 0 Å². The Hall–Kier alpha value is -3.19. The summed E-state index contributed by atoms with van der Waals surface area (Å²) >= 11 is 1.47. The first-order valence-electron chi connectivity index (χ1n) is 9.09. The highest BCUT2D eigenvalue weighted by atomic mass is 32.1. The molecule has 0 bridgehead atoms. The number of aromatic nitrogens is 1. The number of Topliss-reactive ketones (excluding diaryl/α,β-unsaturated/α-hetero) is 1. The van der Waals surface area contributed by atoms with Crippen molar-refractivity contribution in [3.05, 3.63) is 65.2 Å². The van der Waals surface area contributed by atoms with Gasteiger partial charge in [0.15, 0.2) is 12.4 Å². The summed E-state index contributed by atoms with van der Waals surface area (Å²) in [6.07, 6.45) is 0.447. The van der Waals surface area contributed by atoms with E-state index < -0.39 is 5.97 Å². The maximum absolute atomic E-state index is 11.9. The van der Waals surface area contributed by atoms with Gasteiger partial charge < -0.3 is 14.2 Å². The molecule has 0 aliphatic rings. The second kappa shape index (κ2) is 9.84. The number of hydrogen-bond donors (Lipinski definition) is 0. The standard InChI is InChI=1S/C22H21NO5S/c1-3-20(24)15-7-9-18(10-8-15)27-13-21(25)28-12-17-14-29-22(23-17)16-5-4-6-19(11-16)26-2/h4-11,14H,3,12-13H2,1-2H3. The fourth-order valence-electron chi connectivity index (χ4n) is 2.54. The molecule has 3 aromatic rings. The van der Waals surface area contributed by atoms with Gasteiger partial charge in [-0.15, -0.1) is 11.3 Å². The van der Waals surface area contributed by atoms with Crippen LogP contribution in [0.25, 0.3) is 10.6 Å². The van der Waals surface area contributed by atoms with Crippen molar-refractivity contribution in [1.82, 2.24) is 4.98 Å². The SMILES string of the molecule is CCC(=O)c1ccc(OCC(=O)OCc2csc(-c3cccc(OC)c3)n2)cc1. The predicted molar refractivity (Wildman–Crippen MR) is 110 cm³/mol. The Balaban J connectivity index is 1.48. The quantitative estimate of drug-likeness (QED) is 0.380. The number of esters is 1. The minimum atomic E-state index is -0.491. The third kappa shape index (κ3) is 5.65. The van der Waals surface area contributed by atoms with Crippen LogP contribution in [-0.4, -0.2) is 30.5 Å². The summed E-state index contributed by atoms with van der Waals surface area (Å²) in [5.41, 5.74) is 2.24. The van der Waals surface area contributed by atoms with E-state index in [9.17, 15) is 9.59 Å². The van der Waals surface area contributed by atoms with E-state index in [-0.39, 0.29) is 19.0 Å². The van der Waals surface area contributed by atoms with Gasteiger partial charge >= 0.3 is 5.97 Å². The number of benzene rings is 2. The minimum absolute atomic E-state index is 0.0625. The van der Waals surface area contributed by atoms with Crippen molar-refractivity contribution in [2.75, 3.05) is 13.7 Å². The molecule has 0 N–H and O–H groups in total. The van der Waals surface area contributed by atoms with Crippen LogP contribution in [-0.2, 0) is 16.1 Å². The van der Waals surface area contributed by atoms with Gasteiger partial charge in [0.25, 0.3) is 0 Å². The van der Waals surface area contributed by atoms with E-state index in [4.69, 9.17) is 14.2 Å². The Kier molecular flexibility index (Phi) is 6.97. The van der Waals surface area contributed by atoms with Gasteiger partial charge in [0.2, 0.25) is 0 Å². The summed E-state index contributed by atoms with van der Waals surface area (Å²) in [4.78, 5) is 28.0. The molecular formula is C22H21NO5S. The lowest BCUT2D eigenvalue weighted by molar-refractivity contribution is -0.147. The molecule has 0 spiro atoms. The molecule has 0 unspecified atom stereocenters. The lowest BCUT2D eigenvalue weighted by atomic mass is 10.1. The van der Waals surface area contributed by atoms with E-state index in [0.717, 1.165) is 16.3 Å². The maximum Gasteiger partial charge on any atom is 0.344 e. The van der Waals surface area contributed by atoms with Crippen LogP contribution < -0.4 is 9.47 Å². The Labute approximate surface area is 173 Å². The van der Waals surface area contributed by atoms with Gasteiger partial charge in [0, 0.05) is 22.9 Å². The topological polar surface area (TPSA) is 74.7 Å². The molecule has 0 aliphatic heterocycles. The number of nitrogens with zero attached hydrogens (tertiary/aromatic N) is 1. The van der Waals surface area contributed by atoms with Gasteiger partial charge in [-0.25, -0.2) is 9.78 Å². The zero-order chi connectivity index (χ0) is 20.6. The zero-order valence-electron chi connectivity index (χ0n) is 16.2. The summed E-state index contributed by atoms with van der Waals surface area (Å²) in [5, 5.41) is 2.68. The average Bonchev–Trinajstić information content (AvgIpc) is 3.25. The number of rotatable bonds is 9. The molecule has 150 valence electrons. The molecule has 7 heteroatoms. The van der Waals surface area contributed by atoms with E-state index in [1.54, 1.807) is 31.4 Å². The smallest absolute Gasteiger partial charge is 0.344 e. The second-order valence-corrected chi connectivity index (χ2v) is 6.98. The normalized spacial score (nSPS) is 10.4. The Morgan fingerprint density at radius 2 is 1.86 bits per heavy atom. The van der Waals surface area contributed by atoms with Crippen molar-refractivity contribution in [2.24, 2.45) is 0 Å². The molecule has 2 aromatic carbocycles. The van der Waals surface area contributed by atoms with E-state index in [2.05, 4.69) is 4.98 Å². The molecule has 0 radical (unpaired) electrons. The molecule has 0 fully saturated rings. The van der Waals surface area contributed by atoms with E-state index in [1.807, 2.05) is 36.6 Å². The Morgan fingerprint density at radius 3 is 2.59 bits per heavy atom. The molecule has 0 saturated heterocycles. The molecule has 1 aromatic heterocycles. The minimum Gasteiger partial charge on any atom is -0.497 e. The zero-order valence-corrected chi connectivity index (χ0v) is 17.0. The van der Waals surface area contributed by atoms with Crippen LogP contribution in [0.2, 0.25) is 0 Å². The molecule has 1 heterocycles. The summed E-state index contributed by atoms with van der Waals surface area (Å²) in [5.74, 6) is 0.834. The first-order valence-corrected chi connectivity index (χ1v) is 9.97. The third-order valence-corrected chi connectivity index (χ3v) is 5.04. The van der Waals surface area contributed by atoms with Crippen LogP contribution in [0.15, 0.2) is 53.9 Å². The van der Waals surface area contributed by atoms with Crippen LogP contribution >= 0.6 is 11.3 Å². The number of methoxy groups -OCH3 is 1. The lowest BCUT2D eigenvalue weighted by Crippen LogP contribution is -2.14. The first kappa shape index (κ1) is 20.5. The largest absolute Gasteiger partial charge is 0.497 e. The molecular weight excluding hydrogens is 390 g/mol. The van der Waals surface area contributed by atoms with Crippen molar-refractivity contribution in [3.63, 3.8) is 0 Å². The van der Waals surface area contributed by atoms with E-state index in [0.29, 0.717) is 23.4 Å². The summed E-state index contributed by atoms with van der Waals surface area (Å²) in [6, 6.07) is 14.3. The van der Waals surface area contributed by atoms with Crippen molar-refractivity contribution in [1.29, 1.82) is 0 Å². The summed E-state index contributed by atoms with van der Waals surface area (Å²) in [6.45, 7) is 1.67. The summed E-state index contributed by atoms with van der Waals surface area (Å²) < 4.78 is 15.9.